The zero-order valence-corrected chi connectivity index (χ0v) is 10.1. The second-order valence-electron chi connectivity index (χ2n) is 4.96. The van der Waals surface area contributed by atoms with Gasteiger partial charge in [0, 0.05) is 6.61 Å². The van der Waals surface area contributed by atoms with E-state index in [1.165, 1.54) is 38.5 Å². The van der Waals surface area contributed by atoms with Gasteiger partial charge in [-0.1, -0.05) is 27.2 Å². The third-order valence-electron chi connectivity index (χ3n) is 3.50. The van der Waals surface area contributed by atoms with Gasteiger partial charge in [0.15, 0.2) is 0 Å². The van der Waals surface area contributed by atoms with Crippen molar-refractivity contribution in [2.75, 3.05) is 6.61 Å². The molecule has 0 saturated heterocycles. The quantitative estimate of drug-likeness (QED) is 0.644. The van der Waals surface area contributed by atoms with Crippen molar-refractivity contribution in [1.29, 1.82) is 0 Å². The van der Waals surface area contributed by atoms with E-state index < -0.39 is 0 Å². The fourth-order valence-corrected chi connectivity index (χ4v) is 2.53. The van der Waals surface area contributed by atoms with Gasteiger partial charge in [0.2, 0.25) is 0 Å². The van der Waals surface area contributed by atoms with E-state index in [1.807, 2.05) is 0 Å². The van der Waals surface area contributed by atoms with Crippen molar-refractivity contribution < 1.29 is 4.74 Å². The third-order valence-corrected chi connectivity index (χ3v) is 3.50. The van der Waals surface area contributed by atoms with Gasteiger partial charge in [-0.05, 0) is 44.4 Å². The van der Waals surface area contributed by atoms with Gasteiger partial charge in [-0.2, -0.15) is 0 Å². The largest absolute Gasteiger partial charge is 0.375 e. The molecular formula is C13H26O. The Bertz CT molecular complexity index is 140. The zero-order valence-electron chi connectivity index (χ0n) is 10.1. The topological polar surface area (TPSA) is 9.23 Å². The van der Waals surface area contributed by atoms with Crippen LogP contribution >= 0.6 is 0 Å². The highest BCUT2D eigenvalue weighted by molar-refractivity contribution is 4.86. The fourth-order valence-electron chi connectivity index (χ4n) is 2.53. The first kappa shape index (κ1) is 12.0. The molecule has 14 heavy (non-hydrogen) atoms. The summed E-state index contributed by atoms with van der Waals surface area (Å²) in [6.45, 7) is 7.80. The van der Waals surface area contributed by atoms with E-state index in [2.05, 4.69) is 20.8 Å². The van der Waals surface area contributed by atoms with Crippen LogP contribution in [0.5, 0.6) is 0 Å². The average molecular weight is 198 g/mol. The van der Waals surface area contributed by atoms with Crippen LogP contribution in [0.15, 0.2) is 0 Å². The molecule has 1 aliphatic carbocycles. The van der Waals surface area contributed by atoms with E-state index in [0.29, 0.717) is 0 Å². The molecule has 1 nitrogen and oxygen atoms in total. The maximum atomic E-state index is 6.11. The SMILES string of the molecule is CCCOC1(CCC)CCC(C)CC1. The Morgan fingerprint density at radius 2 is 1.79 bits per heavy atom. The summed E-state index contributed by atoms with van der Waals surface area (Å²) in [5.41, 5.74) is 0.261. The summed E-state index contributed by atoms with van der Waals surface area (Å²) in [6, 6.07) is 0. The van der Waals surface area contributed by atoms with Gasteiger partial charge in [0.1, 0.15) is 0 Å². The van der Waals surface area contributed by atoms with E-state index in [9.17, 15) is 0 Å². The van der Waals surface area contributed by atoms with E-state index >= 15 is 0 Å². The number of hydrogen-bond acceptors (Lipinski definition) is 1. The Hall–Kier alpha value is -0.0400. The summed E-state index contributed by atoms with van der Waals surface area (Å²) in [5, 5.41) is 0. The van der Waals surface area contributed by atoms with Gasteiger partial charge in [-0.3, -0.25) is 0 Å². The molecular weight excluding hydrogens is 172 g/mol. The Balaban J connectivity index is 2.44. The van der Waals surface area contributed by atoms with Crippen LogP contribution in [0.25, 0.3) is 0 Å². The first-order valence-electron chi connectivity index (χ1n) is 6.36. The molecule has 1 rings (SSSR count). The molecule has 0 aromatic carbocycles. The molecule has 0 radical (unpaired) electrons. The van der Waals surface area contributed by atoms with Crippen LogP contribution in [0.3, 0.4) is 0 Å². The summed E-state index contributed by atoms with van der Waals surface area (Å²) in [7, 11) is 0. The normalized spacial score (nSPS) is 33.2. The third kappa shape index (κ3) is 3.27. The lowest BCUT2D eigenvalue weighted by Gasteiger charge is -2.39. The lowest BCUT2D eigenvalue weighted by molar-refractivity contribution is -0.0824. The molecule has 84 valence electrons. The minimum Gasteiger partial charge on any atom is -0.375 e. The summed E-state index contributed by atoms with van der Waals surface area (Å²) < 4.78 is 6.11. The minimum atomic E-state index is 0.261. The highest BCUT2D eigenvalue weighted by Crippen LogP contribution is 2.37. The van der Waals surface area contributed by atoms with E-state index in [4.69, 9.17) is 4.74 Å². The lowest BCUT2D eigenvalue weighted by Crippen LogP contribution is -2.37. The summed E-state index contributed by atoms with van der Waals surface area (Å²) in [5.74, 6) is 0.921. The van der Waals surface area contributed by atoms with Crippen molar-refractivity contribution in [2.45, 2.75) is 71.3 Å². The molecule has 1 heteroatoms. The van der Waals surface area contributed by atoms with E-state index in [-0.39, 0.29) is 5.60 Å². The Kier molecular flexibility index (Phi) is 4.94. The minimum absolute atomic E-state index is 0.261. The van der Waals surface area contributed by atoms with E-state index in [0.717, 1.165) is 18.9 Å². The number of rotatable bonds is 5. The molecule has 0 bridgehead atoms. The van der Waals surface area contributed by atoms with Crippen LogP contribution in [0.2, 0.25) is 0 Å². The van der Waals surface area contributed by atoms with Gasteiger partial charge in [0.25, 0.3) is 0 Å². The molecule has 0 N–H and O–H groups in total. The predicted octanol–water partition coefficient (Wildman–Crippen LogP) is 4.16. The van der Waals surface area contributed by atoms with Crippen LogP contribution in [0.1, 0.15) is 65.7 Å². The molecule has 0 heterocycles. The second-order valence-corrected chi connectivity index (χ2v) is 4.96. The average Bonchev–Trinajstić information content (AvgIpc) is 2.20. The van der Waals surface area contributed by atoms with Gasteiger partial charge in [0.05, 0.1) is 5.60 Å². The molecule has 0 aromatic heterocycles. The second kappa shape index (κ2) is 5.75. The Labute approximate surface area is 89.2 Å². The highest BCUT2D eigenvalue weighted by Gasteiger charge is 2.33. The Morgan fingerprint density at radius 1 is 1.14 bits per heavy atom. The molecule has 0 unspecified atom stereocenters. The smallest absolute Gasteiger partial charge is 0.0682 e. The maximum Gasteiger partial charge on any atom is 0.0682 e. The van der Waals surface area contributed by atoms with Crippen molar-refractivity contribution >= 4 is 0 Å². The van der Waals surface area contributed by atoms with Crippen molar-refractivity contribution in [3.63, 3.8) is 0 Å². The lowest BCUT2D eigenvalue weighted by atomic mass is 9.77. The standard InChI is InChI=1S/C13H26O/c1-4-8-13(14-11-5-2)9-6-12(3)7-10-13/h12H,4-11H2,1-3H3. The van der Waals surface area contributed by atoms with Gasteiger partial charge < -0.3 is 4.74 Å². The molecule has 1 saturated carbocycles. The van der Waals surface area contributed by atoms with Crippen LogP contribution in [-0.2, 0) is 4.74 Å². The summed E-state index contributed by atoms with van der Waals surface area (Å²) in [6.07, 6.45) is 9.00. The van der Waals surface area contributed by atoms with Crippen molar-refractivity contribution in [3.05, 3.63) is 0 Å². The molecule has 0 atom stereocenters. The fraction of sp³-hybridized carbons (Fsp3) is 1.00. The summed E-state index contributed by atoms with van der Waals surface area (Å²) in [4.78, 5) is 0. The number of ether oxygens (including phenoxy) is 1. The zero-order chi connectivity index (χ0) is 10.4. The monoisotopic (exact) mass is 198 g/mol. The molecule has 1 aliphatic rings. The highest BCUT2D eigenvalue weighted by atomic mass is 16.5. The number of hydrogen-bond donors (Lipinski definition) is 0. The van der Waals surface area contributed by atoms with Gasteiger partial charge >= 0.3 is 0 Å². The van der Waals surface area contributed by atoms with Crippen molar-refractivity contribution in [3.8, 4) is 0 Å². The van der Waals surface area contributed by atoms with Crippen LogP contribution < -0.4 is 0 Å². The first-order valence-corrected chi connectivity index (χ1v) is 6.36. The predicted molar refractivity (Wildman–Crippen MR) is 61.5 cm³/mol. The maximum absolute atomic E-state index is 6.11. The Morgan fingerprint density at radius 3 is 2.29 bits per heavy atom. The van der Waals surface area contributed by atoms with Crippen LogP contribution in [0.4, 0.5) is 0 Å². The molecule has 0 aliphatic heterocycles. The molecule has 0 amide bonds. The first-order chi connectivity index (χ1) is 6.72. The van der Waals surface area contributed by atoms with Crippen LogP contribution in [-0.4, -0.2) is 12.2 Å². The van der Waals surface area contributed by atoms with E-state index in [1.54, 1.807) is 0 Å². The molecule has 0 spiro atoms. The molecule has 0 aromatic rings. The summed E-state index contributed by atoms with van der Waals surface area (Å²) >= 11 is 0. The van der Waals surface area contributed by atoms with Crippen molar-refractivity contribution in [2.24, 2.45) is 5.92 Å². The van der Waals surface area contributed by atoms with Crippen LogP contribution in [0, 0.1) is 5.92 Å². The molecule has 1 fully saturated rings. The van der Waals surface area contributed by atoms with Gasteiger partial charge in [-0.15, -0.1) is 0 Å². The van der Waals surface area contributed by atoms with Gasteiger partial charge in [-0.25, -0.2) is 0 Å². The van der Waals surface area contributed by atoms with Crippen molar-refractivity contribution in [1.82, 2.24) is 0 Å².